The zero-order valence-electron chi connectivity index (χ0n) is 20.0. The Kier molecular flexibility index (Phi) is 6.07. The highest BCUT2D eigenvalue weighted by Gasteiger charge is 2.49. The van der Waals surface area contributed by atoms with Gasteiger partial charge >= 0.3 is 0 Å². The monoisotopic (exact) mass is 459 g/mol. The average molecular weight is 460 g/mol. The lowest BCUT2D eigenvalue weighted by Gasteiger charge is -2.44. The zero-order chi connectivity index (χ0) is 23.7. The number of benzene rings is 2. The molecule has 1 fully saturated rings. The first-order chi connectivity index (χ1) is 16.5. The minimum Gasteiger partial charge on any atom is -0.497 e. The van der Waals surface area contributed by atoms with Crippen LogP contribution in [0.25, 0.3) is 10.9 Å². The molecule has 1 aromatic heterocycles. The van der Waals surface area contributed by atoms with Crippen molar-refractivity contribution in [3.05, 3.63) is 60.3 Å². The van der Waals surface area contributed by atoms with Gasteiger partial charge < -0.3 is 14.6 Å². The smallest absolute Gasteiger partial charge is 0.275 e. The van der Waals surface area contributed by atoms with Crippen molar-refractivity contribution >= 4 is 28.4 Å². The number of aromatic nitrogens is 1. The SMILES string of the molecule is COc1ccc(N2C(=O)c3cc4ccccc4n3C[C@]2(C)C(=O)NC2CCCCCCC2)cc1. The van der Waals surface area contributed by atoms with Crippen LogP contribution in [0.15, 0.2) is 54.6 Å². The number of ether oxygens (including phenoxy) is 1. The summed E-state index contributed by atoms with van der Waals surface area (Å²) in [5, 5.41) is 4.34. The highest BCUT2D eigenvalue weighted by molar-refractivity contribution is 6.14. The second-order valence-corrected chi connectivity index (χ2v) is 9.80. The largest absolute Gasteiger partial charge is 0.497 e. The van der Waals surface area contributed by atoms with Gasteiger partial charge in [0.1, 0.15) is 17.0 Å². The molecule has 0 spiro atoms. The van der Waals surface area contributed by atoms with E-state index in [1.807, 2.05) is 66.1 Å². The summed E-state index contributed by atoms with van der Waals surface area (Å²) in [7, 11) is 1.62. The number of carbonyl (C=O) groups is 2. The molecule has 0 radical (unpaired) electrons. The van der Waals surface area contributed by atoms with Crippen LogP contribution in [-0.4, -0.2) is 35.1 Å². The van der Waals surface area contributed by atoms with E-state index in [2.05, 4.69) is 5.32 Å². The molecule has 1 atom stereocenters. The quantitative estimate of drug-likeness (QED) is 0.576. The lowest BCUT2D eigenvalue weighted by Crippen LogP contribution is -2.65. The Hall–Kier alpha value is -3.28. The van der Waals surface area contributed by atoms with Crippen molar-refractivity contribution in [1.29, 1.82) is 0 Å². The van der Waals surface area contributed by atoms with E-state index in [9.17, 15) is 9.59 Å². The third kappa shape index (κ3) is 3.95. The molecular weight excluding hydrogens is 426 g/mol. The Bertz CT molecular complexity index is 1190. The van der Waals surface area contributed by atoms with E-state index >= 15 is 0 Å². The molecule has 2 aromatic carbocycles. The van der Waals surface area contributed by atoms with E-state index in [0.29, 0.717) is 23.7 Å². The van der Waals surface area contributed by atoms with Crippen LogP contribution in [0.4, 0.5) is 5.69 Å². The van der Waals surface area contributed by atoms with Crippen LogP contribution in [-0.2, 0) is 11.3 Å². The first kappa shape index (κ1) is 22.5. The third-order valence-corrected chi connectivity index (χ3v) is 7.45. The number of hydrogen-bond donors (Lipinski definition) is 1. The Labute approximate surface area is 200 Å². The van der Waals surface area contributed by atoms with E-state index in [0.717, 1.165) is 36.6 Å². The molecule has 0 unspecified atom stereocenters. The van der Waals surface area contributed by atoms with Gasteiger partial charge in [-0.15, -0.1) is 0 Å². The van der Waals surface area contributed by atoms with Crippen molar-refractivity contribution in [3.8, 4) is 5.75 Å². The van der Waals surface area contributed by atoms with Gasteiger partial charge in [0, 0.05) is 22.6 Å². The number of nitrogens with zero attached hydrogens (tertiary/aromatic N) is 2. The lowest BCUT2D eigenvalue weighted by atomic mass is 9.91. The predicted octanol–water partition coefficient (Wildman–Crippen LogP) is 5.30. The van der Waals surface area contributed by atoms with Crippen LogP contribution in [0.1, 0.15) is 62.4 Å². The average Bonchev–Trinajstić information content (AvgIpc) is 3.20. The number of hydrogen-bond acceptors (Lipinski definition) is 3. The van der Waals surface area contributed by atoms with Gasteiger partial charge in [-0.05, 0) is 56.2 Å². The van der Waals surface area contributed by atoms with E-state index < -0.39 is 5.54 Å². The maximum Gasteiger partial charge on any atom is 0.275 e. The van der Waals surface area contributed by atoms with E-state index in [1.54, 1.807) is 12.0 Å². The molecule has 1 aliphatic carbocycles. The minimum atomic E-state index is -1.07. The van der Waals surface area contributed by atoms with Crippen LogP contribution in [0, 0.1) is 0 Å². The summed E-state index contributed by atoms with van der Waals surface area (Å²) in [5.41, 5.74) is 1.21. The first-order valence-corrected chi connectivity index (χ1v) is 12.4. The number of rotatable bonds is 4. The predicted molar refractivity (Wildman–Crippen MR) is 134 cm³/mol. The van der Waals surface area contributed by atoms with Crippen molar-refractivity contribution in [2.24, 2.45) is 0 Å². The van der Waals surface area contributed by atoms with Gasteiger partial charge in [-0.3, -0.25) is 14.5 Å². The number of nitrogens with one attached hydrogen (secondary N) is 1. The van der Waals surface area contributed by atoms with Crippen molar-refractivity contribution in [2.75, 3.05) is 12.0 Å². The van der Waals surface area contributed by atoms with Gasteiger partial charge in [-0.1, -0.05) is 50.3 Å². The van der Waals surface area contributed by atoms with Gasteiger partial charge in [0.2, 0.25) is 5.91 Å². The fraction of sp³-hybridized carbons (Fsp3) is 0.429. The van der Waals surface area contributed by atoms with Crippen LogP contribution in [0.2, 0.25) is 0 Å². The molecule has 0 bridgehead atoms. The van der Waals surface area contributed by atoms with E-state index in [-0.39, 0.29) is 17.9 Å². The molecule has 2 amide bonds. The van der Waals surface area contributed by atoms with Gasteiger partial charge in [0.05, 0.1) is 13.7 Å². The highest BCUT2D eigenvalue weighted by Crippen LogP contribution is 2.36. The fourth-order valence-corrected chi connectivity index (χ4v) is 5.52. The summed E-state index contributed by atoms with van der Waals surface area (Å²) in [5.74, 6) is 0.455. The summed E-state index contributed by atoms with van der Waals surface area (Å²) in [6.07, 6.45) is 7.98. The second kappa shape index (κ2) is 9.16. The molecule has 6 nitrogen and oxygen atoms in total. The lowest BCUT2D eigenvalue weighted by molar-refractivity contribution is -0.127. The number of carbonyl (C=O) groups excluding carboxylic acids is 2. The van der Waals surface area contributed by atoms with E-state index in [4.69, 9.17) is 4.74 Å². The van der Waals surface area contributed by atoms with Crippen LogP contribution in [0.3, 0.4) is 0 Å². The molecule has 5 rings (SSSR count). The normalized spacial score (nSPS) is 21.6. The highest BCUT2D eigenvalue weighted by atomic mass is 16.5. The summed E-state index contributed by atoms with van der Waals surface area (Å²) in [4.78, 5) is 29.6. The summed E-state index contributed by atoms with van der Waals surface area (Å²) >= 11 is 0. The molecule has 6 heteroatoms. The standard InChI is InChI=1S/C28H33N3O3/c1-28(27(33)29-21-11-6-4-3-5-7-12-21)19-30-24-13-9-8-10-20(24)18-25(30)26(32)31(28)22-14-16-23(34-2)17-15-22/h8-10,13-18,21H,3-7,11-12,19H2,1-2H3,(H,29,33)/t28-/m1/s1. The third-order valence-electron chi connectivity index (χ3n) is 7.45. The Morgan fingerprint density at radius 1 is 1.00 bits per heavy atom. The zero-order valence-corrected chi connectivity index (χ0v) is 20.0. The maximum absolute atomic E-state index is 14.0. The number of para-hydroxylation sites is 1. The molecule has 178 valence electrons. The molecule has 1 saturated carbocycles. The molecular formula is C28H33N3O3. The Balaban J connectivity index is 1.55. The van der Waals surface area contributed by atoms with Crippen molar-refractivity contribution < 1.29 is 14.3 Å². The minimum absolute atomic E-state index is 0.0920. The van der Waals surface area contributed by atoms with Crippen molar-refractivity contribution in [1.82, 2.24) is 9.88 Å². The van der Waals surface area contributed by atoms with Gasteiger partial charge in [0.15, 0.2) is 0 Å². The van der Waals surface area contributed by atoms with Gasteiger partial charge in [-0.25, -0.2) is 0 Å². The number of methoxy groups -OCH3 is 1. The first-order valence-electron chi connectivity index (χ1n) is 12.4. The van der Waals surface area contributed by atoms with E-state index in [1.165, 1.54) is 19.3 Å². The van der Waals surface area contributed by atoms with Gasteiger partial charge in [0.25, 0.3) is 5.91 Å². The van der Waals surface area contributed by atoms with Crippen molar-refractivity contribution in [2.45, 2.75) is 70.0 Å². The molecule has 1 N–H and O–H groups in total. The molecule has 34 heavy (non-hydrogen) atoms. The number of anilines is 1. The fourth-order valence-electron chi connectivity index (χ4n) is 5.52. The number of fused-ring (bicyclic) bond motifs is 3. The van der Waals surface area contributed by atoms with Crippen LogP contribution in [0.5, 0.6) is 5.75 Å². The molecule has 3 aromatic rings. The van der Waals surface area contributed by atoms with Crippen LogP contribution < -0.4 is 15.0 Å². The molecule has 0 saturated heterocycles. The summed E-state index contributed by atoms with van der Waals surface area (Å²) in [6.45, 7) is 2.29. The topological polar surface area (TPSA) is 63.6 Å². The summed E-state index contributed by atoms with van der Waals surface area (Å²) in [6, 6.07) is 17.4. The maximum atomic E-state index is 14.0. The molecule has 2 heterocycles. The van der Waals surface area contributed by atoms with Crippen molar-refractivity contribution in [3.63, 3.8) is 0 Å². The Morgan fingerprint density at radius 2 is 1.68 bits per heavy atom. The Morgan fingerprint density at radius 3 is 2.38 bits per heavy atom. The second-order valence-electron chi connectivity index (χ2n) is 9.80. The summed E-state index contributed by atoms with van der Waals surface area (Å²) < 4.78 is 7.32. The molecule has 1 aliphatic heterocycles. The molecule has 2 aliphatic rings. The van der Waals surface area contributed by atoms with Crippen LogP contribution >= 0.6 is 0 Å². The van der Waals surface area contributed by atoms with Gasteiger partial charge in [-0.2, -0.15) is 0 Å². The number of amides is 2.